The molecule has 1 unspecified atom stereocenters. The first-order chi connectivity index (χ1) is 9.11. The van der Waals surface area contributed by atoms with E-state index in [0.29, 0.717) is 0 Å². The third-order valence-electron chi connectivity index (χ3n) is 3.03. The molecule has 4 heteroatoms. The second-order valence-electron chi connectivity index (χ2n) is 4.28. The van der Waals surface area contributed by atoms with Gasteiger partial charge in [0.2, 0.25) is 0 Å². The van der Waals surface area contributed by atoms with Gasteiger partial charge in [-0.15, -0.1) is 11.8 Å². The van der Waals surface area contributed by atoms with E-state index >= 15 is 0 Å². The lowest BCUT2D eigenvalue weighted by molar-refractivity contribution is 0.540. The zero-order chi connectivity index (χ0) is 13.8. The molecule has 0 bridgehead atoms. The molecule has 0 radical (unpaired) electrons. The van der Waals surface area contributed by atoms with Gasteiger partial charge in [0.25, 0.3) is 0 Å². The van der Waals surface area contributed by atoms with Gasteiger partial charge in [0.1, 0.15) is 11.6 Å². The molecule has 2 aromatic carbocycles. The predicted octanol–water partition coefficient (Wildman–Crippen LogP) is 3.93. The highest BCUT2D eigenvalue weighted by molar-refractivity contribution is 7.98. The molecular formula is C15H15F2NS. The van der Waals surface area contributed by atoms with Gasteiger partial charge in [-0.25, -0.2) is 8.78 Å². The number of hydrogen-bond donors (Lipinski definition) is 1. The summed E-state index contributed by atoms with van der Waals surface area (Å²) in [6.07, 6.45) is 2.14. The lowest BCUT2D eigenvalue weighted by atomic mass is 9.99. The summed E-state index contributed by atoms with van der Waals surface area (Å²) in [6.45, 7) is 0. The van der Waals surface area contributed by atoms with Crippen LogP contribution in [-0.2, 0) is 6.42 Å². The highest BCUT2D eigenvalue weighted by atomic mass is 32.2. The summed E-state index contributed by atoms with van der Waals surface area (Å²) in [5, 5.41) is 0. The Labute approximate surface area is 115 Å². The second-order valence-corrected chi connectivity index (χ2v) is 5.16. The van der Waals surface area contributed by atoms with E-state index in [0.717, 1.165) is 10.5 Å². The van der Waals surface area contributed by atoms with Crippen molar-refractivity contribution in [3.05, 3.63) is 65.2 Å². The molecule has 1 atom stereocenters. The predicted molar refractivity (Wildman–Crippen MR) is 75.2 cm³/mol. The first-order valence-electron chi connectivity index (χ1n) is 5.94. The van der Waals surface area contributed by atoms with Gasteiger partial charge in [0.15, 0.2) is 0 Å². The van der Waals surface area contributed by atoms with E-state index in [4.69, 9.17) is 5.73 Å². The minimum Gasteiger partial charge on any atom is -0.324 e. The number of hydrogen-bond acceptors (Lipinski definition) is 2. The third-order valence-corrected chi connectivity index (χ3v) is 3.77. The second kappa shape index (κ2) is 6.17. The fourth-order valence-electron chi connectivity index (χ4n) is 1.92. The van der Waals surface area contributed by atoms with Crippen molar-refractivity contribution in [3.8, 4) is 0 Å². The van der Waals surface area contributed by atoms with Gasteiger partial charge < -0.3 is 5.73 Å². The van der Waals surface area contributed by atoms with Crippen molar-refractivity contribution in [1.29, 1.82) is 0 Å². The van der Waals surface area contributed by atoms with Gasteiger partial charge >= 0.3 is 0 Å². The summed E-state index contributed by atoms with van der Waals surface area (Å²) in [7, 11) is 0. The number of rotatable bonds is 4. The van der Waals surface area contributed by atoms with E-state index in [9.17, 15) is 8.78 Å². The normalized spacial score (nSPS) is 12.4. The zero-order valence-electron chi connectivity index (χ0n) is 10.6. The fraction of sp³-hybridized carbons (Fsp3) is 0.200. The Balaban J connectivity index is 2.18. The van der Waals surface area contributed by atoms with Crippen LogP contribution in [0.1, 0.15) is 17.2 Å². The van der Waals surface area contributed by atoms with Crippen molar-refractivity contribution < 1.29 is 8.78 Å². The third kappa shape index (κ3) is 3.33. The average molecular weight is 279 g/mol. The van der Waals surface area contributed by atoms with Crippen molar-refractivity contribution in [3.63, 3.8) is 0 Å². The summed E-state index contributed by atoms with van der Waals surface area (Å²) in [6, 6.07) is 11.2. The highest BCUT2D eigenvalue weighted by Crippen LogP contribution is 2.22. The SMILES string of the molecule is CSc1ccc(C(N)Cc2c(F)cccc2F)cc1. The van der Waals surface area contributed by atoms with Crippen molar-refractivity contribution in [1.82, 2.24) is 0 Å². The van der Waals surface area contributed by atoms with Gasteiger partial charge in [-0.2, -0.15) is 0 Å². The summed E-state index contributed by atoms with van der Waals surface area (Å²) < 4.78 is 27.1. The Morgan fingerprint density at radius 3 is 2.16 bits per heavy atom. The molecule has 2 rings (SSSR count). The molecule has 0 aliphatic rings. The maximum atomic E-state index is 13.5. The number of benzene rings is 2. The maximum absolute atomic E-state index is 13.5. The molecule has 19 heavy (non-hydrogen) atoms. The van der Waals surface area contributed by atoms with Crippen LogP contribution in [0.5, 0.6) is 0 Å². The molecule has 2 N–H and O–H groups in total. The van der Waals surface area contributed by atoms with Crippen LogP contribution in [-0.4, -0.2) is 6.26 Å². The van der Waals surface area contributed by atoms with Crippen LogP contribution in [0.25, 0.3) is 0 Å². The first-order valence-corrected chi connectivity index (χ1v) is 7.16. The molecule has 100 valence electrons. The highest BCUT2D eigenvalue weighted by Gasteiger charge is 2.14. The molecule has 1 nitrogen and oxygen atoms in total. The molecule has 0 saturated carbocycles. The van der Waals surface area contributed by atoms with Crippen LogP contribution < -0.4 is 5.73 Å². The maximum Gasteiger partial charge on any atom is 0.129 e. The Bertz CT molecular complexity index is 534. The van der Waals surface area contributed by atoms with Crippen molar-refractivity contribution in [2.24, 2.45) is 5.73 Å². The molecule has 0 aromatic heterocycles. The van der Waals surface area contributed by atoms with Gasteiger partial charge in [-0.3, -0.25) is 0 Å². The van der Waals surface area contributed by atoms with E-state index in [-0.39, 0.29) is 12.0 Å². The Morgan fingerprint density at radius 1 is 1.05 bits per heavy atom. The largest absolute Gasteiger partial charge is 0.324 e. The van der Waals surface area contributed by atoms with E-state index < -0.39 is 17.7 Å². The molecule has 0 fully saturated rings. The van der Waals surface area contributed by atoms with E-state index in [1.165, 1.54) is 18.2 Å². The molecule has 0 amide bonds. The molecule has 0 saturated heterocycles. The number of halogens is 2. The Kier molecular flexibility index (Phi) is 4.56. The fourth-order valence-corrected chi connectivity index (χ4v) is 2.32. The van der Waals surface area contributed by atoms with Crippen molar-refractivity contribution in [2.45, 2.75) is 17.4 Å². The summed E-state index contributed by atoms with van der Waals surface area (Å²) in [5.74, 6) is -1.09. The van der Waals surface area contributed by atoms with Crippen LogP contribution in [0, 0.1) is 11.6 Å². The number of nitrogens with two attached hydrogens (primary N) is 1. The molecule has 0 spiro atoms. The lowest BCUT2D eigenvalue weighted by Crippen LogP contribution is -2.15. The quantitative estimate of drug-likeness (QED) is 0.858. The minimum absolute atomic E-state index is 0.0453. The van der Waals surface area contributed by atoms with Crippen LogP contribution in [0.2, 0.25) is 0 Å². The minimum atomic E-state index is -0.545. The van der Waals surface area contributed by atoms with E-state index in [2.05, 4.69) is 0 Å². The molecule has 0 heterocycles. The molecular weight excluding hydrogens is 264 g/mol. The van der Waals surface area contributed by atoms with Gasteiger partial charge in [0, 0.05) is 16.5 Å². The van der Waals surface area contributed by atoms with Gasteiger partial charge in [0.05, 0.1) is 0 Å². The topological polar surface area (TPSA) is 26.0 Å². The Hall–Kier alpha value is -1.39. The van der Waals surface area contributed by atoms with Crippen LogP contribution in [0.15, 0.2) is 47.4 Å². The van der Waals surface area contributed by atoms with Crippen LogP contribution in [0.3, 0.4) is 0 Å². The first kappa shape index (κ1) is 14.0. The standard InChI is InChI=1S/C15H15F2NS/c1-19-11-7-5-10(6-8-11)15(18)9-12-13(16)3-2-4-14(12)17/h2-8,15H,9,18H2,1H3. The average Bonchev–Trinajstić information content (AvgIpc) is 2.43. The zero-order valence-corrected chi connectivity index (χ0v) is 11.4. The summed E-state index contributed by atoms with van der Waals surface area (Å²) >= 11 is 1.64. The van der Waals surface area contributed by atoms with Crippen LogP contribution in [0.4, 0.5) is 8.78 Å². The molecule has 2 aromatic rings. The monoisotopic (exact) mass is 279 g/mol. The Morgan fingerprint density at radius 2 is 1.63 bits per heavy atom. The lowest BCUT2D eigenvalue weighted by Gasteiger charge is -2.13. The van der Waals surface area contributed by atoms with E-state index in [1.54, 1.807) is 11.8 Å². The summed E-state index contributed by atoms with van der Waals surface area (Å²) in [4.78, 5) is 1.13. The van der Waals surface area contributed by atoms with Crippen molar-refractivity contribution in [2.75, 3.05) is 6.26 Å². The number of thioether (sulfide) groups is 1. The smallest absolute Gasteiger partial charge is 0.129 e. The molecule has 0 aliphatic heterocycles. The van der Waals surface area contributed by atoms with E-state index in [1.807, 2.05) is 30.5 Å². The molecule has 0 aliphatic carbocycles. The van der Waals surface area contributed by atoms with Gasteiger partial charge in [-0.05, 0) is 42.5 Å². The van der Waals surface area contributed by atoms with Crippen molar-refractivity contribution >= 4 is 11.8 Å². The van der Waals surface area contributed by atoms with Gasteiger partial charge in [-0.1, -0.05) is 18.2 Å². The van der Waals surface area contributed by atoms with Crippen LogP contribution >= 0.6 is 11.8 Å². The summed E-state index contributed by atoms with van der Waals surface area (Å²) in [5.41, 5.74) is 6.94.